The largest absolute Gasteiger partial charge is 0.379 e. The molecule has 2 saturated heterocycles. The lowest BCUT2D eigenvalue weighted by atomic mass is 10.1. The summed E-state index contributed by atoms with van der Waals surface area (Å²) in [5.41, 5.74) is 2.83. The van der Waals surface area contributed by atoms with Gasteiger partial charge in [-0.1, -0.05) is 18.2 Å². The molecule has 2 heterocycles. The number of piperazine rings is 1. The molecule has 0 aromatic heterocycles. The molecule has 3 rings (SSSR count). The van der Waals surface area contributed by atoms with Gasteiger partial charge in [-0.3, -0.25) is 0 Å². The van der Waals surface area contributed by atoms with Crippen LogP contribution >= 0.6 is 0 Å². The predicted molar refractivity (Wildman–Crippen MR) is 99.4 cm³/mol. The second kappa shape index (κ2) is 7.91. The zero-order valence-corrected chi connectivity index (χ0v) is 16.1. The molecule has 1 aromatic rings. The molecule has 0 radical (unpaired) electrons. The van der Waals surface area contributed by atoms with Crippen molar-refractivity contribution in [3.8, 4) is 0 Å². The number of urea groups is 1. The summed E-state index contributed by atoms with van der Waals surface area (Å²) in [5.74, 6) is 0. The lowest BCUT2D eigenvalue weighted by Crippen LogP contribution is -2.56. The number of amides is 2. The van der Waals surface area contributed by atoms with Crippen molar-refractivity contribution >= 4 is 21.9 Å². The average molecular weight is 382 g/mol. The molecule has 1 N–H and O–H groups in total. The van der Waals surface area contributed by atoms with Crippen LogP contribution < -0.4 is 5.32 Å². The van der Waals surface area contributed by atoms with Crippen molar-refractivity contribution in [3.63, 3.8) is 0 Å². The third-order valence-corrected chi connectivity index (χ3v) is 6.90. The lowest BCUT2D eigenvalue weighted by molar-refractivity contribution is 0.0691. The SMILES string of the molecule is Cc1cccc(C)c1NC(=O)N1CCN(S(=O)(=O)N2CCOCC2)CC1. The van der Waals surface area contributed by atoms with Crippen LogP contribution in [0, 0.1) is 13.8 Å². The summed E-state index contributed by atoms with van der Waals surface area (Å²) < 4.78 is 33.5. The maximum atomic E-state index is 12.7. The van der Waals surface area contributed by atoms with E-state index < -0.39 is 10.2 Å². The van der Waals surface area contributed by atoms with Crippen molar-refractivity contribution in [2.24, 2.45) is 0 Å². The van der Waals surface area contributed by atoms with Gasteiger partial charge in [-0.25, -0.2) is 4.79 Å². The van der Waals surface area contributed by atoms with Crippen molar-refractivity contribution < 1.29 is 17.9 Å². The highest BCUT2D eigenvalue weighted by Crippen LogP contribution is 2.20. The Hall–Kier alpha value is -1.68. The maximum Gasteiger partial charge on any atom is 0.321 e. The number of morpholine rings is 1. The first-order valence-corrected chi connectivity index (χ1v) is 10.2. The van der Waals surface area contributed by atoms with E-state index in [1.165, 1.54) is 8.61 Å². The van der Waals surface area contributed by atoms with Crippen molar-refractivity contribution in [2.45, 2.75) is 13.8 Å². The van der Waals surface area contributed by atoms with Crippen LogP contribution in [-0.4, -0.2) is 80.4 Å². The summed E-state index contributed by atoms with van der Waals surface area (Å²) in [7, 11) is -3.48. The van der Waals surface area contributed by atoms with Gasteiger partial charge in [0.2, 0.25) is 0 Å². The smallest absolute Gasteiger partial charge is 0.321 e. The topological polar surface area (TPSA) is 82.2 Å². The van der Waals surface area contributed by atoms with Crippen LogP contribution in [0.5, 0.6) is 0 Å². The summed E-state index contributed by atoms with van der Waals surface area (Å²) in [4.78, 5) is 14.2. The van der Waals surface area contributed by atoms with E-state index in [9.17, 15) is 13.2 Å². The number of rotatable bonds is 3. The van der Waals surface area contributed by atoms with E-state index >= 15 is 0 Å². The van der Waals surface area contributed by atoms with Crippen LogP contribution in [0.1, 0.15) is 11.1 Å². The number of anilines is 1. The van der Waals surface area contributed by atoms with Gasteiger partial charge in [0.25, 0.3) is 10.2 Å². The number of hydrogen-bond donors (Lipinski definition) is 1. The van der Waals surface area contributed by atoms with E-state index in [0.717, 1.165) is 16.8 Å². The molecule has 0 aliphatic carbocycles. The second-order valence-corrected chi connectivity index (χ2v) is 8.53. The first-order chi connectivity index (χ1) is 12.4. The number of carbonyl (C=O) groups is 1. The van der Waals surface area contributed by atoms with Crippen LogP contribution in [0.3, 0.4) is 0 Å². The minimum atomic E-state index is -3.48. The highest BCUT2D eigenvalue weighted by atomic mass is 32.2. The number of nitrogens with zero attached hydrogens (tertiary/aromatic N) is 3. The van der Waals surface area contributed by atoms with Crippen molar-refractivity contribution in [1.82, 2.24) is 13.5 Å². The van der Waals surface area contributed by atoms with E-state index in [0.29, 0.717) is 52.5 Å². The van der Waals surface area contributed by atoms with E-state index in [2.05, 4.69) is 5.32 Å². The number of ether oxygens (including phenoxy) is 1. The molecule has 0 bridgehead atoms. The summed E-state index contributed by atoms with van der Waals surface area (Å²) in [6.45, 7) is 6.89. The molecule has 8 nitrogen and oxygen atoms in total. The van der Waals surface area contributed by atoms with Gasteiger partial charge in [-0.05, 0) is 25.0 Å². The van der Waals surface area contributed by atoms with Crippen molar-refractivity contribution in [1.29, 1.82) is 0 Å². The third kappa shape index (κ3) is 4.01. The van der Waals surface area contributed by atoms with Crippen LogP contribution in [0.2, 0.25) is 0 Å². The molecule has 0 atom stereocenters. The van der Waals surface area contributed by atoms with Crippen LogP contribution in [0.25, 0.3) is 0 Å². The van der Waals surface area contributed by atoms with Crippen LogP contribution in [0.15, 0.2) is 18.2 Å². The number of nitrogens with one attached hydrogen (secondary N) is 1. The quantitative estimate of drug-likeness (QED) is 0.847. The average Bonchev–Trinajstić information content (AvgIpc) is 2.65. The Morgan fingerprint density at radius 2 is 1.50 bits per heavy atom. The molecular weight excluding hydrogens is 356 g/mol. The van der Waals surface area contributed by atoms with Gasteiger partial charge in [-0.15, -0.1) is 0 Å². The van der Waals surface area contributed by atoms with Crippen molar-refractivity contribution in [3.05, 3.63) is 29.3 Å². The molecule has 2 aliphatic heterocycles. The fourth-order valence-electron chi connectivity index (χ4n) is 3.26. The number of para-hydroxylation sites is 1. The molecule has 2 aliphatic rings. The minimum Gasteiger partial charge on any atom is -0.379 e. The molecule has 2 fully saturated rings. The zero-order valence-electron chi connectivity index (χ0n) is 15.3. The standard InChI is InChI=1S/C17H26N4O4S/c1-14-4-3-5-15(2)16(14)18-17(22)19-6-8-20(9-7-19)26(23,24)21-10-12-25-13-11-21/h3-5H,6-13H2,1-2H3,(H,18,22). The molecule has 0 saturated carbocycles. The number of carbonyl (C=O) groups excluding carboxylic acids is 1. The van der Waals surface area contributed by atoms with Gasteiger partial charge in [0.15, 0.2) is 0 Å². The number of benzene rings is 1. The molecule has 0 unspecified atom stereocenters. The van der Waals surface area contributed by atoms with E-state index in [-0.39, 0.29) is 6.03 Å². The normalized spacial score (nSPS) is 20.2. The maximum absolute atomic E-state index is 12.7. The Kier molecular flexibility index (Phi) is 5.81. The summed E-state index contributed by atoms with van der Waals surface area (Å²) in [6, 6.07) is 5.67. The summed E-state index contributed by atoms with van der Waals surface area (Å²) >= 11 is 0. The third-order valence-electron chi connectivity index (χ3n) is 4.86. The Balaban J connectivity index is 1.58. The van der Waals surface area contributed by atoms with Gasteiger partial charge in [-0.2, -0.15) is 17.0 Å². The Labute approximate surface area is 154 Å². The van der Waals surface area contributed by atoms with Gasteiger partial charge in [0.05, 0.1) is 13.2 Å². The number of hydrogen-bond acceptors (Lipinski definition) is 4. The minimum absolute atomic E-state index is 0.189. The molecule has 144 valence electrons. The fraction of sp³-hybridized carbons (Fsp3) is 0.588. The predicted octanol–water partition coefficient (Wildman–Crippen LogP) is 1.03. The number of aryl methyl sites for hydroxylation is 2. The zero-order chi connectivity index (χ0) is 18.7. The molecule has 2 amide bonds. The van der Waals surface area contributed by atoms with E-state index in [4.69, 9.17) is 4.74 Å². The van der Waals surface area contributed by atoms with Gasteiger partial charge in [0, 0.05) is 45.0 Å². The van der Waals surface area contributed by atoms with Gasteiger partial charge >= 0.3 is 6.03 Å². The highest BCUT2D eigenvalue weighted by molar-refractivity contribution is 7.86. The highest BCUT2D eigenvalue weighted by Gasteiger charge is 2.34. The van der Waals surface area contributed by atoms with Crippen LogP contribution in [0.4, 0.5) is 10.5 Å². The van der Waals surface area contributed by atoms with E-state index in [1.807, 2.05) is 32.0 Å². The van der Waals surface area contributed by atoms with Gasteiger partial charge in [0.1, 0.15) is 0 Å². The molecule has 1 aromatic carbocycles. The summed E-state index contributed by atoms with van der Waals surface area (Å²) in [6.07, 6.45) is 0. The Morgan fingerprint density at radius 3 is 2.08 bits per heavy atom. The van der Waals surface area contributed by atoms with Crippen LogP contribution in [-0.2, 0) is 14.9 Å². The lowest BCUT2D eigenvalue weighted by Gasteiger charge is -2.37. The summed E-state index contributed by atoms with van der Waals surface area (Å²) in [5, 5.41) is 2.96. The molecule has 26 heavy (non-hydrogen) atoms. The second-order valence-electron chi connectivity index (χ2n) is 6.60. The fourth-order valence-corrected chi connectivity index (χ4v) is 4.82. The Morgan fingerprint density at radius 1 is 0.962 bits per heavy atom. The monoisotopic (exact) mass is 382 g/mol. The van der Waals surface area contributed by atoms with Gasteiger partial charge < -0.3 is 15.0 Å². The first kappa shape index (κ1) is 19.1. The molecule has 9 heteroatoms. The molecule has 0 spiro atoms. The Bertz CT molecular complexity index is 734. The van der Waals surface area contributed by atoms with E-state index in [1.54, 1.807) is 4.90 Å². The van der Waals surface area contributed by atoms with Crippen molar-refractivity contribution in [2.75, 3.05) is 57.8 Å². The first-order valence-electron chi connectivity index (χ1n) is 8.84. The molecular formula is C17H26N4O4S.